The van der Waals surface area contributed by atoms with E-state index in [1.54, 1.807) is 43.4 Å². The number of rotatable bonds is 12. The molecule has 1 aliphatic heterocycles. The molecule has 1 heterocycles. The van der Waals surface area contributed by atoms with Gasteiger partial charge >= 0.3 is 5.97 Å². The zero-order valence-electron chi connectivity index (χ0n) is 25.2. The second-order valence-corrected chi connectivity index (χ2v) is 12.5. The molecule has 0 radical (unpaired) electrons. The quantitative estimate of drug-likeness (QED) is 0.267. The summed E-state index contributed by atoms with van der Waals surface area (Å²) >= 11 is 0. The number of carbonyl (C=O) groups excluding carboxylic acids is 2. The minimum Gasteiger partial charge on any atom is -0.496 e. The number of methoxy groups -OCH3 is 3. The Morgan fingerprint density at radius 2 is 1.56 bits per heavy atom. The molecule has 3 aromatic rings. The van der Waals surface area contributed by atoms with E-state index in [0.29, 0.717) is 36.4 Å². The molecule has 0 saturated carbocycles. The molecular weight excluding hydrogens is 568 g/mol. The zero-order chi connectivity index (χ0) is 31.0. The number of benzene rings is 3. The van der Waals surface area contributed by atoms with E-state index in [1.165, 1.54) is 29.1 Å². The number of ether oxygens (including phenoxy) is 3. The van der Waals surface area contributed by atoms with Crippen LogP contribution in [0, 0.1) is 6.92 Å². The number of sulfonamides is 1. The lowest BCUT2D eigenvalue weighted by molar-refractivity contribution is -0.146. The molecule has 1 unspecified atom stereocenters. The molecule has 0 spiro atoms. The highest BCUT2D eigenvalue weighted by Gasteiger charge is 2.38. The average molecular weight is 609 g/mol. The van der Waals surface area contributed by atoms with Crippen LogP contribution >= 0.6 is 0 Å². The maximum atomic E-state index is 13.9. The third-order valence-electron chi connectivity index (χ3n) is 7.85. The van der Waals surface area contributed by atoms with Crippen molar-refractivity contribution >= 4 is 21.9 Å². The third kappa shape index (κ3) is 7.55. The van der Waals surface area contributed by atoms with Crippen LogP contribution in [0.15, 0.2) is 71.6 Å². The fourth-order valence-corrected chi connectivity index (χ4v) is 7.10. The summed E-state index contributed by atoms with van der Waals surface area (Å²) in [5.74, 6) is 0.387. The van der Waals surface area contributed by atoms with Crippen molar-refractivity contribution in [2.45, 2.75) is 56.5 Å². The van der Waals surface area contributed by atoms with Gasteiger partial charge in [0.15, 0.2) is 0 Å². The first-order chi connectivity index (χ1) is 20.7. The van der Waals surface area contributed by atoms with Crippen molar-refractivity contribution in [2.75, 3.05) is 34.4 Å². The lowest BCUT2D eigenvalue weighted by atomic mass is 10.1. The van der Waals surface area contributed by atoms with Crippen molar-refractivity contribution < 1.29 is 32.2 Å². The van der Waals surface area contributed by atoms with Crippen LogP contribution in [-0.4, -0.2) is 70.0 Å². The van der Waals surface area contributed by atoms with Gasteiger partial charge in [-0.25, -0.2) is 8.42 Å². The molecular formula is C33H40N2O7S. The molecule has 10 heteroatoms. The predicted octanol–water partition coefficient (Wildman–Crippen LogP) is 5.00. The normalized spacial score (nSPS) is 15.5. The van der Waals surface area contributed by atoms with Crippen molar-refractivity contribution in [2.24, 2.45) is 0 Å². The van der Waals surface area contributed by atoms with Crippen molar-refractivity contribution in [3.8, 4) is 11.5 Å². The van der Waals surface area contributed by atoms with Crippen LogP contribution in [0.3, 0.4) is 0 Å². The molecule has 0 aliphatic carbocycles. The lowest BCUT2D eigenvalue weighted by Gasteiger charge is -2.32. The number of carbonyl (C=O) groups is 2. The van der Waals surface area contributed by atoms with E-state index in [0.717, 1.165) is 30.4 Å². The van der Waals surface area contributed by atoms with E-state index in [2.05, 4.69) is 12.1 Å². The number of hydrogen-bond donors (Lipinski definition) is 0. The van der Waals surface area contributed by atoms with E-state index in [-0.39, 0.29) is 23.9 Å². The minimum absolute atomic E-state index is 0.0991. The molecule has 1 aliphatic rings. The Labute approximate surface area is 254 Å². The van der Waals surface area contributed by atoms with Crippen molar-refractivity contribution in [3.05, 3.63) is 89.0 Å². The number of nitrogens with zero attached hydrogens (tertiary/aromatic N) is 2. The molecule has 9 nitrogen and oxygen atoms in total. The molecule has 0 aromatic heterocycles. The van der Waals surface area contributed by atoms with Gasteiger partial charge in [-0.2, -0.15) is 4.31 Å². The molecule has 3 aromatic carbocycles. The van der Waals surface area contributed by atoms with E-state index < -0.39 is 22.0 Å². The number of piperidine rings is 1. The van der Waals surface area contributed by atoms with Gasteiger partial charge in [0.2, 0.25) is 10.0 Å². The summed E-state index contributed by atoms with van der Waals surface area (Å²) in [4.78, 5) is 28.0. The maximum Gasteiger partial charge on any atom is 0.324 e. The second-order valence-electron chi connectivity index (χ2n) is 10.6. The standard InChI is InChI=1S/C33H40N2O7S/c1-24-30(40-2)21-27(22-31(24)41-3)32(36)34(19-10-13-25-11-6-5-7-12-25)23-26-15-17-28(18-16-26)43(38,39)35-20-9-8-14-29(35)33(37)42-4/h5-7,11-12,15-18,21-22,29H,8-10,13-14,19-20,23H2,1-4H3. The predicted molar refractivity (Wildman–Crippen MR) is 164 cm³/mol. The molecule has 1 fully saturated rings. The summed E-state index contributed by atoms with van der Waals surface area (Å²) in [5.41, 5.74) is 3.21. The van der Waals surface area contributed by atoms with E-state index >= 15 is 0 Å². The number of aryl methyl sites for hydroxylation is 1. The number of esters is 1. The fourth-order valence-electron chi connectivity index (χ4n) is 5.45. The van der Waals surface area contributed by atoms with Crippen molar-refractivity contribution in [1.82, 2.24) is 9.21 Å². The largest absolute Gasteiger partial charge is 0.496 e. The summed E-state index contributed by atoms with van der Waals surface area (Å²) in [6.07, 6.45) is 3.42. The maximum absolute atomic E-state index is 13.9. The highest BCUT2D eigenvalue weighted by Crippen LogP contribution is 2.31. The first-order valence-electron chi connectivity index (χ1n) is 14.4. The highest BCUT2D eigenvalue weighted by molar-refractivity contribution is 7.89. The molecule has 4 rings (SSSR count). The van der Waals surface area contributed by atoms with E-state index in [9.17, 15) is 18.0 Å². The van der Waals surface area contributed by atoms with Crippen LogP contribution in [0.4, 0.5) is 0 Å². The summed E-state index contributed by atoms with van der Waals surface area (Å²) in [7, 11) is 0.471. The first-order valence-corrected chi connectivity index (χ1v) is 15.9. The lowest BCUT2D eigenvalue weighted by Crippen LogP contribution is -2.48. The highest BCUT2D eigenvalue weighted by atomic mass is 32.2. The average Bonchev–Trinajstić information content (AvgIpc) is 3.04. The summed E-state index contributed by atoms with van der Waals surface area (Å²) in [6, 6.07) is 19.2. The van der Waals surface area contributed by atoms with Gasteiger partial charge in [0.1, 0.15) is 17.5 Å². The summed E-state index contributed by atoms with van der Waals surface area (Å²) in [6.45, 7) is 2.90. The Morgan fingerprint density at radius 3 is 2.16 bits per heavy atom. The Kier molecular flexibility index (Phi) is 10.8. The van der Waals surface area contributed by atoms with Gasteiger partial charge in [0.05, 0.1) is 26.2 Å². The summed E-state index contributed by atoms with van der Waals surface area (Å²) < 4.78 is 44.1. The first kappa shape index (κ1) is 32.0. The van der Waals surface area contributed by atoms with Gasteiger partial charge in [0, 0.05) is 30.8 Å². The monoisotopic (exact) mass is 608 g/mol. The zero-order valence-corrected chi connectivity index (χ0v) is 26.1. The topological polar surface area (TPSA) is 102 Å². The number of amides is 1. The van der Waals surface area contributed by atoms with Crippen molar-refractivity contribution in [3.63, 3.8) is 0 Å². The molecule has 43 heavy (non-hydrogen) atoms. The Hall–Kier alpha value is -3.89. The van der Waals surface area contributed by atoms with Crippen LogP contribution in [0.1, 0.15) is 52.7 Å². The van der Waals surface area contributed by atoms with Gasteiger partial charge in [-0.3, -0.25) is 9.59 Å². The smallest absolute Gasteiger partial charge is 0.324 e. The Morgan fingerprint density at radius 1 is 0.907 bits per heavy atom. The van der Waals surface area contributed by atoms with Gasteiger partial charge in [0.25, 0.3) is 5.91 Å². The second kappa shape index (κ2) is 14.5. The third-order valence-corrected chi connectivity index (χ3v) is 9.78. The van der Waals surface area contributed by atoms with Gasteiger partial charge in [-0.15, -0.1) is 0 Å². The van der Waals surface area contributed by atoms with Crippen LogP contribution in [0.25, 0.3) is 0 Å². The van der Waals surface area contributed by atoms with Gasteiger partial charge in [-0.1, -0.05) is 42.5 Å². The SMILES string of the molecule is COC(=O)C1CCCCN1S(=O)(=O)c1ccc(CN(CCCc2ccccc2)C(=O)c2cc(OC)c(C)c(OC)c2)cc1. The fraction of sp³-hybridized carbons (Fsp3) is 0.394. The van der Waals surface area contributed by atoms with Gasteiger partial charge in [-0.05, 0) is 74.4 Å². The molecule has 1 atom stereocenters. The summed E-state index contributed by atoms with van der Waals surface area (Å²) in [5, 5.41) is 0. The van der Waals surface area contributed by atoms with Crippen LogP contribution in [-0.2, 0) is 32.5 Å². The number of hydrogen-bond acceptors (Lipinski definition) is 7. The Balaban J connectivity index is 1.57. The van der Waals surface area contributed by atoms with Gasteiger partial charge < -0.3 is 19.1 Å². The van der Waals surface area contributed by atoms with E-state index in [4.69, 9.17) is 14.2 Å². The Bertz CT molecular complexity index is 1480. The van der Waals surface area contributed by atoms with E-state index in [1.807, 2.05) is 25.1 Å². The molecule has 1 saturated heterocycles. The van der Waals surface area contributed by atoms with Crippen molar-refractivity contribution in [1.29, 1.82) is 0 Å². The van der Waals surface area contributed by atoms with Crippen LogP contribution < -0.4 is 9.47 Å². The van der Waals surface area contributed by atoms with Crippen LogP contribution in [0.5, 0.6) is 11.5 Å². The molecule has 0 bridgehead atoms. The molecule has 0 N–H and O–H groups in total. The molecule has 230 valence electrons. The molecule has 1 amide bonds. The minimum atomic E-state index is -3.91. The van der Waals surface area contributed by atoms with Crippen LogP contribution in [0.2, 0.25) is 0 Å².